The molecule has 0 aliphatic heterocycles. The Balaban J connectivity index is 2.38. The molecular weight excluding hydrogens is 331 g/mol. The van der Waals surface area contributed by atoms with Crippen LogP contribution in [0.5, 0.6) is 0 Å². The van der Waals surface area contributed by atoms with Crippen LogP contribution in [0.25, 0.3) is 0 Å². The minimum Gasteiger partial charge on any atom is -0.329 e. The molecule has 118 valence electrons. The van der Waals surface area contributed by atoms with Gasteiger partial charge >= 0.3 is 0 Å². The van der Waals surface area contributed by atoms with E-state index in [0.717, 1.165) is 25.7 Å². The molecule has 1 aliphatic rings. The number of nitrogens with two attached hydrogens (primary N) is 1. The van der Waals surface area contributed by atoms with Crippen molar-refractivity contribution in [2.24, 2.45) is 11.7 Å². The fraction of sp³-hybridized carbons (Fsp3) is 0.571. The van der Waals surface area contributed by atoms with Crippen molar-refractivity contribution in [3.63, 3.8) is 0 Å². The summed E-state index contributed by atoms with van der Waals surface area (Å²) in [4.78, 5) is 0.00210. The van der Waals surface area contributed by atoms with Gasteiger partial charge in [0.25, 0.3) is 0 Å². The summed E-state index contributed by atoms with van der Waals surface area (Å²) in [5, 5.41) is 0.264. The van der Waals surface area contributed by atoms with E-state index in [4.69, 9.17) is 28.9 Å². The average molecular weight is 351 g/mol. The van der Waals surface area contributed by atoms with Gasteiger partial charge in [0, 0.05) is 12.1 Å². The topological polar surface area (TPSA) is 72.2 Å². The number of hydrogen-bond donors (Lipinski definition) is 2. The predicted molar refractivity (Wildman–Crippen MR) is 86.2 cm³/mol. The predicted octanol–water partition coefficient (Wildman–Crippen LogP) is 3.18. The highest BCUT2D eigenvalue weighted by atomic mass is 35.5. The second-order valence-corrected chi connectivity index (χ2v) is 8.10. The van der Waals surface area contributed by atoms with Crippen LogP contribution in [0.15, 0.2) is 23.1 Å². The Kier molecular flexibility index (Phi) is 5.21. The van der Waals surface area contributed by atoms with Crippen LogP contribution in [-0.2, 0) is 10.0 Å². The Labute approximate surface area is 136 Å². The number of rotatable bonds is 4. The van der Waals surface area contributed by atoms with Crippen LogP contribution < -0.4 is 10.5 Å². The number of halogens is 2. The van der Waals surface area contributed by atoms with Crippen LogP contribution in [0, 0.1) is 5.92 Å². The highest BCUT2D eigenvalue weighted by molar-refractivity contribution is 7.89. The summed E-state index contributed by atoms with van der Waals surface area (Å²) in [6.07, 6.45) is 3.76. The number of nitrogens with one attached hydrogen (secondary N) is 1. The first-order valence-corrected chi connectivity index (χ1v) is 9.24. The summed E-state index contributed by atoms with van der Waals surface area (Å²) in [6, 6.07) is 4.58. The molecule has 1 aromatic carbocycles. The summed E-state index contributed by atoms with van der Waals surface area (Å²) < 4.78 is 28.1. The summed E-state index contributed by atoms with van der Waals surface area (Å²) in [5.41, 5.74) is 5.29. The van der Waals surface area contributed by atoms with E-state index >= 15 is 0 Å². The Morgan fingerprint density at radius 2 is 2.10 bits per heavy atom. The first-order valence-electron chi connectivity index (χ1n) is 7.00. The van der Waals surface area contributed by atoms with E-state index in [-0.39, 0.29) is 27.4 Å². The Morgan fingerprint density at radius 3 is 2.71 bits per heavy atom. The first kappa shape index (κ1) is 17.0. The van der Waals surface area contributed by atoms with Gasteiger partial charge in [-0.2, -0.15) is 0 Å². The zero-order chi connectivity index (χ0) is 15.7. The maximum Gasteiger partial charge on any atom is 0.242 e. The highest BCUT2D eigenvalue weighted by Crippen LogP contribution is 2.36. The SMILES string of the molecule is CC1CCCCC1(CN)NS(=O)(=O)c1cccc(Cl)c1Cl. The minimum absolute atomic E-state index is 0.00210. The van der Waals surface area contributed by atoms with Gasteiger partial charge in [-0.05, 0) is 30.9 Å². The van der Waals surface area contributed by atoms with Gasteiger partial charge in [-0.25, -0.2) is 13.1 Å². The van der Waals surface area contributed by atoms with Crippen molar-refractivity contribution in [3.8, 4) is 0 Å². The monoisotopic (exact) mass is 350 g/mol. The molecular formula is C14H20Cl2N2O2S. The average Bonchev–Trinajstić information content (AvgIpc) is 2.44. The molecule has 2 rings (SSSR count). The fourth-order valence-electron chi connectivity index (χ4n) is 2.92. The van der Waals surface area contributed by atoms with E-state index in [9.17, 15) is 8.42 Å². The van der Waals surface area contributed by atoms with Crippen molar-refractivity contribution in [1.82, 2.24) is 4.72 Å². The summed E-state index contributed by atoms with van der Waals surface area (Å²) in [5.74, 6) is 0.184. The molecule has 4 nitrogen and oxygen atoms in total. The van der Waals surface area contributed by atoms with E-state index < -0.39 is 15.6 Å². The van der Waals surface area contributed by atoms with Crippen molar-refractivity contribution >= 4 is 33.2 Å². The van der Waals surface area contributed by atoms with Gasteiger partial charge in [-0.3, -0.25) is 0 Å². The standard InChI is InChI=1S/C14H20Cl2N2O2S/c1-10-5-2-3-8-14(10,9-17)18-21(19,20)12-7-4-6-11(15)13(12)16/h4,6-7,10,18H,2-3,5,8-9,17H2,1H3. The smallest absolute Gasteiger partial charge is 0.242 e. The Morgan fingerprint density at radius 1 is 1.38 bits per heavy atom. The van der Waals surface area contributed by atoms with Gasteiger partial charge in [0.2, 0.25) is 10.0 Å². The third-order valence-electron chi connectivity index (χ3n) is 4.36. The molecule has 0 spiro atoms. The van der Waals surface area contributed by atoms with Gasteiger partial charge in [0.1, 0.15) is 4.90 Å². The van der Waals surface area contributed by atoms with Crippen LogP contribution in [0.1, 0.15) is 32.6 Å². The van der Waals surface area contributed by atoms with Crippen LogP contribution in [-0.4, -0.2) is 20.5 Å². The molecule has 2 unspecified atom stereocenters. The van der Waals surface area contributed by atoms with Gasteiger partial charge in [-0.15, -0.1) is 0 Å². The largest absolute Gasteiger partial charge is 0.329 e. The molecule has 1 aromatic rings. The zero-order valence-electron chi connectivity index (χ0n) is 11.9. The lowest BCUT2D eigenvalue weighted by Crippen LogP contribution is -2.58. The molecule has 0 heterocycles. The minimum atomic E-state index is -3.76. The van der Waals surface area contributed by atoms with E-state index in [1.54, 1.807) is 12.1 Å². The van der Waals surface area contributed by atoms with Crippen molar-refractivity contribution in [1.29, 1.82) is 0 Å². The lowest BCUT2D eigenvalue weighted by atomic mass is 9.74. The molecule has 0 bridgehead atoms. The van der Waals surface area contributed by atoms with E-state index in [0.29, 0.717) is 0 Å². The molecule has 1 fully saturated rings. The lowest BCUT2D eigenvalue weighted by Gasteiger charge is -2.42. The second kappa shape index (κ2) is 6.42. The third kappa shape index (κ3) is 3.37. The normalized spacial score (nSPS) is 26.8. The molecule has 21 heavy (non-hydrogen) atoms. The molecule has 0 radical (unpaired) electrons. The molecule has 2 atom stereocenters. The lowest BCUT2D eigenvalue weighted by molar-refractivity contribution is 0.191. The molecule has 1 aliphatic carbocycles. The highest BCUT2D eigenvalue weighted by Gasteiger charge is 2.41. The van der Waals surface area contributed by atoms with E-state index in [1.807, 2.05) is 6.92 Å². The number of benzene rings is 1. The van der Waals surface area contributed by atoms with Crippen LogP contribution in [0.4, 0.5) is 0 Å². The maximum atomic E-state index is 12.7. The van der Waals surface area contributed by atoms with Crippen molar-refractivity contribution in [3.05, 3.63) is 28.2 Å². The van der Waals surface area contributed by atoms with E-state index in [2.05, 4.69) is 4.72 Å². The molecule has 3 N–H and O–H groups in total. The van der Waals surface area contributed by atoms with Crippen LogP contribution in [0.2, 0.25) is 10.0 Å². The third-order valence-corrected chi connectivity index (χ3v) is 6.89. The number of sulfonamides is 1. The Hall–Kier alpha value is -0.330. The Bertz CT molecular complexity index is 621. The van der Waals surface area contributed by atoms with Gasteiger partial charge in [0.05, 0.1) is 10.0 Å². The van der Waals surface area contributed by atoms with Crippen LogP contribution >= 0.6 is 23.2 Å². The first-order chi connectivity index (χ1) is 9.82. The maximum absolute atomic E-state index is 12.7. The summed E-state index contributed by atoms with van der Waals surface area (Å²) in [7, 11) is -3.76. The molecule has 1 saturated carbocycles. The van der Waals surface area contributed by atoms with Crippen molar-refractivity contribution < 1.29 is 8.42 Å². The molecule has 0 saturated heterocycles. The van der Waals surface area contributed by atoms with Gasteiger partial charge in [-0.1, -0.05) is 49.0 Å². The second-order valence-electron chi connectivity index (χ2n) is 5.66. The van der Waals surface area contributed by atoms with E-state index in [1.165, 1.54) is 6.07 Å². The number of hydrogen-bond acceptors (Lipinski definition) is 3. The fourth-order valence-corrected chi connectivity index (χ4v) is 5.22. The quantitative estimate of drug-likeness (QED) is 0.875. The van der Waals surface area contributed by atoms with Crippen LogP contribution in [0.3, 0.4) is 0 Å². The van der Waals surface area contributed by atoms with Crippen molar-refractivity contribution in [2.75, 3.05) is 6.54 Å². The summed E-state index contributed by atoms with van der Waals surface area (Å²) >= 11 is 11.9. The molecule has 7 heteroatoms. The zero-order valence-corrected chi connectivity index (χ0v) is 14.2. The van der Waals surface area contributed by atoms with Gasteiger partial charge < -0.3 is 5.73 Å². The molecule has 0 aromatic heterocycles. The summed E-state index contributed by atoms with van der Waals surface area (Å²) in [6.45, 7) is 2.31. The molecule has 0 amide bonds. The van der Waals surface area contributed by atoms with Gasteiger partial charge in [0.15, 0.2) is 0 Å². The van der Waals surface area contributed by atoms with Crippen molar-refractivity contribution in [2.45, 2.75) is 43.0 Å².